The van der Waals surface area contributed by atoms with Crippen molar-refractivity contribution in [3.8, 4) is 5.75 Å². The van der Waals surface area contributed by atoms with Gasteiger partial charge in [-0.1, -0.05) is 0 Å². The van der Waals surface area contributed by atoms with Gasteiger partial charge in [-0.05, 0) is 24.3 Å². The lowest BCUT2D eigenvalue weighted by Gasteiger charge is -2.30. The van der Waals surface area contributed by atoms with Crippen molar-refractivity contribution in [2.24, 2.45) is 11.7 Å². The summed E-state index contributed by atoms with van der Waals surface area (Å²) >= 11 is 0. The molecule has 2 heterocycles. The number of carbonyl (C=O) groups is 3. The molecule has 2 aliphatic heterocycles. The molecule has 0 aromatic heterocycles. The number of nitrogens with zero attached hydrogens (tertiary/aromatic N) is 1. The van der Waals surface area contributed by atoms with Crippen molar-refractivity contribution >= 4 is 23.4 Å². The maximum absolute atomic E-state index is 12.7. The van der Waals surface area contributed by atoms with E-state index in [4.69, 9.17) is 10.5 Å². The zero-order chi connectivity index (χ0) is 17.3. The van der Waals surface area contributed by atoms with Crippen LogP contribution in [0, 0.1) is 5.92 Å². The van der Waals surface area contributed by atoms with E-state index in [2.05, 4.69) is 0 Å². The lowest BCUT2D eigenvalue weighted by atomic mass is 9.95. The smallest absolute Gasteiger partial charge is 0.292 e. The summed E-state index contributed by atoms with van der Waals surface area (Å²) < 4.78 is 5.10. The number of amides is 3. The van der Waals surface area contributed by atoms with Gasteiger partial charge in [0.05, 0.1) is 32.3 Å². The zero-order valence-corrected chi connectivity index (χ0v) is 13.7. The number of likely N-dealkylation sites (tertiary alicyclic amines) is 1. The molecule has 1 unspecified atom stereocenters. The van der Waals surface area contributed by atoms with Gasteiger partial charge in [0.2, 0.25) is 11.8 Å². The van der Waals surface area contributed by atoms with Crippen LogP contribution in [-0.4, -0.2) is 44.0 Å². The van der Waals surface area contributed by atoms with E-state index in [0.717, 1.165) is 4.90 Å². The van der Waals surface area contributed by atoms with Gasteiger partial charge in [-0.2, -0.15) is 0 Å². The standard InChI is InChI=1S/C17H21N3O4/c1-24-13-4-2-12(3-5-13)20-15(21)10-14(17(20)23)19-8-6-11(7-9-19)16(18)22/h2-5,11,14H,6-10H2,1H3,(H2,18,22)/p+1. The summed E-state index contributed by atoms with van der Waals surface area (Å²) in [4.78, 5) is 38.7. The molecular formula is C17H22N3O4+. The predicted molar refractivity (Wildman–Crippen MR) is 86.5 cm³/mol. The SMILES string of the molecule is COc1ccc(N2C(=O)CC([NH+]3CCC(C(N)=O)CC3)C2=O)cc1. The number of ether oxygens (including phenoxy) is 1. The average Bonchev–Trinajstić information content (AvgIpc) is 2.89. The van der Waals surface area contributed by atoms with Crippen LogP contribution in [0.15, 0.2) is 24.3 Å². The Morgan fingerprint density at radius 2 is 1.83 bits per heavy atom. The van der Waals surface area contributed by atoms with Crippen molar-refractivity contribution in [3.63, 3.8) is 0 Å². The van der Waals surface area contributed by atoms with E-state index in [1.165, 1.54) is 4.90 Å². The second-order valence-corrected chi connectivity index (χ2v) is 6.36. The van der Waals surface area contributed by atoms with Crippen LogP contribution in [0.3, 0.4) is 0 Å². The second-order valence-electron chi connectivity index (χ2n) is 6.36. The van der Waals surface area contributed by atoms with Crippen LogP contribution in [0.5, 0.6) is 5.75 Å². The molecule has 1 aromatic carbocycles. The number of rotatable bonds is 4. The fourth-order valence-electron chi connectivity index (χ4n) is 3.58. The first-order valence-corrected chi connectivity index (χ1v) is 8.16. The number of hydrogen-bond donors (Lipinski definition) is 2. The highest BCUT2D eigenvalue weighted by Gasteiger charge is 2.46. The minimum absolute atomic E-state index is 0.112. The molecule has 1 atom stereocenters. The summed E-state index contributed by atoms with van der Waals surface area (Å²) in [6.45, 7) is 1.38. The summed E-state index contributed by atoms with van der Waals surface area (Å²) in [5, 5.41) is 0. The fraction of sp³-hybridized carbons (Fsp3) is 0.471. The van der Waals surface area contributed by atoms with E-state index in [9.17, 15) is 14.4 Å². The highest BCUT2D eigenvalue weighted by atomic mass is 16.5. The van der Waals surface area contributed by atoms with Gasteiger partial charge in [-0.3, -0.25) is 14.4 Å². The maximum atomic E-state index is 12.7. The first-order valence-electron chi connectivity index (χ1n) is 8.16. The number of quaternary nitrogens is 1. The van der Waals surface area contributed by atoms with Crippen molar-refractivity contribution in [1.82, 2.24) is 0 Å². The summed E-state index contributed by atoms with van der Waals surface area (Å²) in [5.41, 5.74) is 5.92. The Balaban J connectivity index is 1.71. The third-order valence-corrected chi connectivity index (χ3v) is 5.00. The molecule has 2 aliphatic rings. The number of benzene rings is 1. The first-order chi connectivity index (χ1) is 11.5. The van der Waals surface area contributed by atoms with E-state index >= 15 is 0 Å². The van der Waals surface area contributed by atoms with E-state index in [1.54, 1.807) is 31.4 Å². The number of anilines is 1. The Hall–Kier alpha value is -2.41. The number of hydrogen-bond acceptors (Lipinski definition) is 4. The van der Waals surface area contributed by atoms with Crippen LogP contribution >= 0.6 is 0 Å². The molecule has 3 amide bonds. The third kappa shape index (κ3) is 2.99. The molecule has 24 heavy (non-hydrogen) atoms. The normalized spacial score (nSPS) is 27.4. The van der Waals surface area contributed by atoms with Gasteiger partial charge in [-0.25, -0.2) is 4.90 Å². The Labute approximate surface area is 140 Å². The minimum Gasteiger partial charge on any atom is -0.497 e. The summed E-state index contributed by atoms with van der Waals surface area (Å²) in [7, 11) is 1.57. The molecule has 2 fully saturated rings. The molecular weight excluding hydrogens is 310 g/mol. The third-order valence-electron chi connectivity index (χ3n) is 5.00. The second kappa shape index (κ2) is 6.60. The largest absolute Gasteiger partial charge is 0.497 e. The molecule has 1 aromatic rings. The molecule has 7 nitrogen and oxygen atoms in total. The molecule has 3 rings (SSSR count). The van der Waals surface area contributed by atoms with Crippen LogP contribution in [-0.2, 0) is 14.4 Å². The number of piperidine rings is 1. The van der Waals surface area contributed by atoms with Crippen LogP contribution in [0.1, 0.15) is 19.3 Å². The van der Waals surface area contributed by atoms with Crippen molar-refractivity contribution in [2.75, 3.05) is 25.1 Å². The zero-order valence-electron chi connectivity index (χ0n) is 13.7. The number of primary amides is 1. The first kappa shape index (κ1) is 16.4. The summed E-state index contributed by atoms with van der Waals surface area (Å²) in [6, 6.07) is 6.52. The Bertz CT molecular complexity index is 650. The van der Waals surface area contributed by atoms with Crippen molar-refractivity contribution < 1.29 is 24.0 Å². The lowest BCUT2D eigenvalue weighted by Crippen LogP contribution is -3.17. The monoisotopic (exact) mass is 332 g/mol. The molecule has 128 valence electrons. The number of methoxy groups -OCH3 is 1. The highest BCUT2D eigenvalue weighted by molar-refractivity contribution is 6.21. The number of carbonyl (C=O) groups excluding carboxylic acids is 3. The van der Waals surface area contributed by atoms with Crippen molar-refractivity contribution in [3.05, 3.63) is 24.3 Å². The Morgan fingerprint density at radius 3 is 2.38 bits per heavy atom. The molecule has 0 saturated carbocycles. The Morgan fingerprint density at radius 1 is 1.21 bits per heavy atom. The number of imide groups is 1. The van der Waals surface area contributed by atoms with E-state index in [0.29, 0.717) is 37.4 Å². The summed E-state index contributed by atoms with van der Waals surface area (Å²) in [5.74, 6) is -0.0627. The molecule has 0 radical (unpaired) electrons. The van der Waals surface area contributed by atoms with Crippen LogP contribution in [0.25, 0.3) is 0 Å². The lowest BCUT2D eigenvalue weighted by molar-refractivity contribution is -0.920. The molecule has 3 N–H and O–H groups in total. The van der Waals surface area contributed by atoms with Gasteiger partial charge in [0.1, 0.15) is 5.75 Å². The highest BCUT2D eigenvalue weighted by Crippen LogP contribution is 2.24. The quantitative estimate of drug-likeness (QED) is 0.699. The fourth-order valence-corrected chi connectivity index (χ4v) is 3.58. The van der Waals surface area contributed by atoms with Crippen LogP contribution < -0.4 is 20.3 Å². The van der Waals surface area contributed by atoms with E-state index in [-0.39, 0.29) is 36.1 Å². The van der Waals surface area contributed by atoms with Crippen molar-refractivity contribution in [2.45, 2.75) is 25.3 Å². The Kier molecular flexibility index (Phi) is 4.53. The average molecular weight is 332 g/mol. The van der Waals surface area contributed by atoms with E-state index < -0.39 is 0 Å². The van der Waals surface area contributed by atoms with Gasteiger partial charge in [-0.15, -0.1) is 0 Å². The van der Waals surface area contributed by atoms with Gasteiger partial charge < -0.3 is 15.4 Å². The summed E-state index contributed by atoms with van der Waals surface area (Å²) in [6.07, 6.45) is 1.55. The van der Waals surface area contributed by atoms with E-state index in [1.807, 2.05) is 0 Å². The molecule has 0 aliphatic carbocycles. The molecule has 7 heteroatoms. The van der Waals surface area contributed by atoms with Crippen LogP contribution in [0.4, 0.5) is 5.69 Å². The van der Waals surface area contributed by atoms with Gasteiger partial charge >= 0.3 is 0 Å². The van der Waals surface area contributed by atoms with Crippen molar-refractivity contribution in [1.29, 1.82) is 0 Å². The predicted octanol–water partition coefficient (Wildman–Crippen LogP) is -0.893. The van der Waals surface area contributed by atoms with Gasteiger partial charge in [0.15, 0.2) is 6.04 Å². The molecule has 2 saturated heterocycles. The maximum Gasteiger partial charge on any atom is 0.292 e. The molecule has 0 spiro atoms. The molecule has 0 bridgehead atoms. The minimum atomic E-state index is -0.367. The van der Waals surface area contributed by atoms with Gasteiger partial charge in [0.25, 0.3) is 5.91 Å². The van der Waals surface area contributed by atoms with Gasteiger partial charge in [0, 0.05) is 18.8 Å². The number of nitrogens with one attached hydrogen (secondary N) is 1. The van der Waals surface area contributed by atoms with Crippen LogP contribution in [0.2, 0.25) is 0 Å². The number of nitrogens with two attached hydrogens (primary N) is 1. The topological polar surface area (TPSA) is 94.1 Å².